The highest BCUT2D eigenvalue weighted by Gasteiger charge is 2.17. The Labute approximate surface area is 154 Å². The number of rotatable bonds is 6. The van der Waals surface area contributed by atoms with Gasteiger partial charge in [-0.25, -0.2) is 4.79 Å². The van der Waals surface area contributed by atoms with Crippen LogP contribution >= 0.6 is 11.3 Å². The topological polar surface area (TPSA) is 79.5 Å². The molecule has 0 aliphatic heterocycles. The fourth-order valence-corrected chi connectivity index (χ4v) is 3.51. The lowest BCUT2D eigenvalue weighted by molar-refractivity contribution is 0.0701. The fraction of sp³-hybridized carbons (Fsp3) is 0.100. The molecule has 3 aromatic rings. The molecule has 0 aliphatic carbocycles. The van der Waals surface area contributed by atoms with E-state index in [2.05, 4.69) is 11.9 Å². The molecule has 2 heterocycles. The van der Waals surface area contributed by atoms with Crippen molar-refractivity contribution in [2.75, 3.05) is 5.32 Å². The Morgan fingerprint density at radius 1 is 1.23 bits per heavy atom. The number of aromatic carboxylic acids is 1. The van der Waals surface area contributed by atoms with E-state index in [0.717, 1.165) is 16.0 Å². The van der Waals surface area contributed by atoms with Gasteiger partial charge in [0.1, 0.15) is 4.88 Å². The van der Waals surface area contributed by atoms with Crippen molar-refractivity contribution >= 4 is 34.5 Å². The standard InChI is InChI=1S/C20H17NO4S/c1-3-12(2)15-11-17(26-18(15)20(23)24)13-6-8-14(9-7-13)21-19(22)16-5-4-10-25-16/h4-11H,2-3H2,1H3,(H,21,22)(H,23,24). The monoisotopic (exact) mass is 367 g/mol. The summed E-state index contributed by atoms with van der Waals surface area (Å²) in [6, 6.07) is 12.3. The average molecular weight is 367 g/mol. The van der Waals surface area contributed by atoms with Gasteiger partial charge in [0, 0.05) is 16.1 Å². The summed E-state index contributed by atoms with van der Waals surface area (Å²) in [5, 5.41) is 12.2. The second-order valence-electron chi connectivity index (χ2n) is 5.62. The molecule has 0 radical (unpaired) electrons. The van der Waals surface area contributed by atoms with E-state index in [1.165, 1.54) is 17.6 Å². The van der Waals surface area contributed by atoms with E-state index < -0.39 is 5.97 Å². The van der Waals surface area contributed by atoms with E-state index in [1.807, 2.05) is 25.1 Å². The van der Waals surface area contributed by atoms with E-state index in [-0.39, 0.29) is 11.7 Å². The third-order valence-corrected chi connectivity index (χ3v) is 5.08. The van der Waals surface area contributed by atoms with Crippen LogP contribution in [0.5, 0.6) is 0 Å². The van der Waals surface area contributed by atoms with Gasteiger partial charge in [0.15, 0.2) is 5.76 Å². The van der Waals surface area contributed by atoms with Gasteiger partial charge in [-0.2, -0.15) is 0 Å². The Kier molecular flexibility index (Phi) is 5.04. The number of amides is 1. The van der Waals surface area contributed by atoms with Gasteiger partial charge in [-0.1, -0.05) is 25.6 Å². The first-order valence-electron chi connectivity index (χ1n) is 8.00. The largest absolute Gasteiger partial charge is 0.477 e. The second-order valence-corrected chi connectivity index (χ2v) is 6.68. The zero-order chi connectivity index (χ0) is 18.7. The first-order chi connectivity index (χ1) is 12.5. The number of hydrogen-bond acceptors (Lipinski definition) is 4. The highest BCUT2D eigenvalue weighted by molar-refractivity contribution is 7.17. The molecule has 5 nitrogen and oxygen atoms in total. The summed E-state index contributed by atoms with van der Waals surface area (Å²) in [4.78, 5) is 24.6. The maximum absolute atomic E-state index is 12.0. The summed E-state index contributed by atoms with van der Waals surface area (Å²) in [6.07, 6.45) is 2.13. The first-order valence-corrected chi connectivity index (χ1v) is 8.81. The summed E-state index contributed by atoms with van der Waals surface area (Å²) in [5.41, 5.74) is 2.98. The summed E-state index contributed by atoms with van der Waals surface area (Å²) in [5.74, 6) is -1.04. The fourth-order valence-electron chi connectivity index (χ4n) is 2.46. The highest BCUT2D eigenvalue weighted by atomic mass is 32.1. The minimum atomic E-state index is -0.951. The quantitative estimate of drug-likeness (QED) is 0.613. The van der Waals surface area contributed by atoms with Gasteiger partial charge in [0.05, 0.1) is 6.26 Å². The summed E-state index contributed by atoms with van der Waals surface area (Å²) >= 11 is 1.22. The van der Waals surface area contributed by atoms with Crippen molar-refractivity contribution in [2.45, 2.75) is 13.3 Å². The average Bonchev–Trinajstić information content (AvgIpc) is 3.31. The van der Waals surface area contributed by atoms with Crippen molar-refractivity contribution in [3.8, 4) is 10.4 Å². The predicted molar refractivity (Wildman–Crippen MR) is 103 cm³/mol. The molecule has 0 saturated heterocycles. The molecule has 0 saturated carbocycles. The number of hydrogen-bond donors (Lipinski definition) is 2. The first kappa shape index (κ1) is 17.7. The van der Waals surface area contributed by atoms with E-state index in [9.17, 15) is 14.7 Å². The van der Waals surface area contributed by atoms with Crippen LogP contribution in [0.1, 0.15) is 39.1 Å². The maximum Gasteiger partial charge on any atom is 0.346 e. The number of carboxylic acids is 1. The minimum absolute atomic E-state index is 0.237. The SMILES string of the molecule is C=C(CC)c1cc(-c2ccc(NC(=O)c3ccco3)cc2)sc1C(=O)O. The van der Waals surface area contributed by atoms with Crippen LogP contribution in [0.2, 0.25) is 0 Å². The Morgan fingerprint density at radius 3 is 2.54 bits per heavy atom. The number of carbonyl (C=O) groups is 2. The number of anilines is 1. The molecule has 2 N–H and O–H groups in total. The molecule has 0 fully saturated rings. The molecule has 6 heteroatoms. The van der Waals surface area contributed by atoms with E-state index in [4.69, 9.17) is 4.42 Å². The number of allylic oxidation sites excluding steroid dienone is 1. The Balaban J connectivity index is 1.83. The number of carboxylic acid groups (broad SMARTS) is 1. The summed E-state index contributed by atoms with van der Waals surface area (Å²) in [6.45, 7) is 5.90. The lowest BCUT2D eigenvalue weighted by Crippen LogP contribution is -2.10. The van der Waals surface area contributed by atoms with Gasteiger partial charge in [-0.05, 0) is 47.9 Å². The van der Waals surface area contributed by atoms with Crippen LogP contribution in [0.25, 0.3) is 16.0 Å². The number of carbonyl (C=O) groups excluding carboxylic acids is 1. The molecule has 0 bridgehead atoms. The minimum Gasteiger partial charge on any atom is -0.477 e. The van der Waals surface area contributed by atoms with E-state index >= 15 is 0 Å². The van der Waals surface area contributed by atoms with Crippen molar-refractivity contribution in [3.63, 3.8) is 0 Å². The third kappa shape index (κ3) is 3.60. The van der Waals surface area contributed by atoms with Crippen LogP contribution in [0.4, 0.5) is 5.69 Å². The van der Waals surface area contributed by atoms with Crippen LogP contribution in [0.15, 0.2) is 59.7 Å². The van der Waals surface area contributed by atoms with Crippen molar-refractivity contribution in [2.24, 2.45) is 0 Å². The molecule has 132 valence electrons. The zero-order valence-corrected chi connectivity index (χ0v) is 14.9. The Hall–Kier alpha value is -3.12. The molecule has 0 aliphatic rings. The van der Waals surface area contributed by atoms with Crippen LogP contribution in [0, 0.1) is 0 Å². The lowest BCUT2D eigenvalue weighted by atomic mass is 10.0. The molecule has 3 rings (SSSR count). The number of nitrogens with one attached hydrogen (secondary N) is 1. The number of thiophene rings is 1. The smallest absolute Gasteiger partial charge is 0.346 e. The van der Waals surface area contributed by atoms with Crippen LogP contribution < -0.4 is 5.32 Å². The van der Waals surface area contributed by atoms with Crippen LogP contribution in [0.3, 0.4) is 0 Å². The number of furan rings is 1. The van der Waals surface area contributed by atoms with Crippen LogP contribution in [-0.4, -0.2) is 17.0 Å². The molecular formula is C20H17NO4S. The van der Waals surface area contributed by atoms with E-state index in [0.29, 0.717) is 22.5 Å². The molecule has 0 spiro atoms. The molecule has 0 unspecified atom stereocenters. The summed E-state index contributed by atoms with van der Waals surface area (Å²) in [7, 11) is 0. The van der Waals surface area contributed by atoms with Crippen molar-refractivity contribution in [1.29, 1.82) is 0 Å². The Bertz CT molecular complexity index is 952. The molecule has 2 aromatic heterocycles. The highest BCUT2D eigenvalue weighted by Crippen LogP contribution is 2.36. The molecular weight excluding hydrogens is 350 g/mol. The molecule has 1 aromatic carbocycles. The maximum atomic E-state index is 12.0. The molecule has 26 heavy (non-hydrogen) atoms. The van der Waals surface area contributed by atoms with Crippen molar-refractivity contribution in [1.82, 2.24) is 0 Å². The molecule has 1 amide bonds. The second kappa shape index (κ2) is 7.41. The van der Waals surface area contributed by atoms with Gasteiger partial charge >= 0.3 is 5.97 Å². The van der Waals surface area contributed by atoms with Gasteiger partial charge in [-0.3, -0.25) is 4.79 Å². The van der Waals surface area contributed by atoms with Gasteiger partial charge in [0.2, 0.25) is 0 Å². The predicted octanol–water partition coefficient (Wildman–Crippen LogP) is 5.38. The van der Waals surface area contributed by atoms with Crippen molar-refractivity contribution in [3.05, 3.63) is 71.5 Å². The zero-order valence-electron chi connectivity index (χ0n) is 14.1. The summed E-state index contributed by atoms with van der Waals surface area (Å²) < 4.78 is 5.06. The third-order valence-electron chi connectivity index (χ3n) is 3.91. The molecule has 0 atom stereocenters. The van der Waals surface area contributed by atoms with Gasteiger partial charge in [0.25, 0.3) is 5.91 Å². The van der Waals surface area contributed by atoms with Gasteiger partial charge < -0.3 is 14.8 Å². The normalized spacial score (nSPS) is 10.5. The van der Waals surface area contributed by atoms with Gasteiger partial charge in [-0.15, -0.1) is 11.3 Å². The lowest BCUT2D eigenvalue weighted by Gasteiger charge is -2.04. The van der Waals surface area contributed by atoms with Crippen LogP contribution in [-0.2, 0) is 0 Å². The Morgan fingerprint density at radius 2 is 1.96 bits per heavy atom. The van der Waals surface area contributed by atoms with Crippen molar-refractivity contribution < 1.29 is 19.1 Å². The number of benzene rings is 1. The van der Waals surface area contributed by atoms with E-state index in [1.54, 1.807) is 24.3 Å².